The molecule has 0 saturated carbocycles. The van der Waals surface area contributed by atoms with Gasteiger partial charge in [-0.3, -0.25) is 0 Å². The highest BCUT2D eigenvalue weighted by Gasteiger charge is 2.16. The number of rotatable bonds is 3. The molecule has 0 radical (unpaired) electrons. The van der Waals surface area contributed by atoms with Gasteiger partial charge >= 0.3 is 0 Å². The predicted molar refractivity (Wildman–Crippen MR) is 80.0 cm³/mol. The summed E-state index contributed by atoms with van der Waals surface area (Å²) in [6.07, 6.45) is 0.103. The third kappa shape index (κ3) is 3.17. The molecular formula is C11H11Br2NOS2. The van der Waals surface area contributed by atoms with Crippen LogP contribution in [0.2, 0.25) is 0 Å². The molecule has 2 rings (SSSR count). The SMILES string of the molecule is Cc1nc(CC(O)c2cc(Br)c(Br)s2)sc1C. The van der Waals surface area contributed by atoms with Crippen molar-refractivity contribution in [2.45, 2.75) is 26.4 Å². The molecule has 0 spiro atoms. The van der Waals surface area contributed by atoms with E-state index in [1.54, 1.807) is 22.7 Å². The van der Waals surface area contributed by atoms with Crippen LogP contribution in [0.5, 0.6) is 0 Å². The highest BCUT2D eigenvalue weighted by molar-refractivity contribution is 9.13. The summed E-state index contributed by atoms with van der Waals surface area (Å²) >= 11 is 10.1. The van der Waals surface area contributed by atoms with Crippen molar-refractivity contribution in [3.8, 4) is 0 Å². The van der Waals surface area contributed by atoms with E-state index in [0.29, 0.717) is 6.42 Å². The lowest BCUT2D eigenvalue weighted by atomic mass is 10.2. The van der Waals surface area contributed by atoms with E-state index in [1.807, 2.05) is 13.0 Å². The van der Waals surface area contributed by atoms with Gasteiger partial charge < -0.3 is 5.11 Å². The molecule has 92 valence electrons. The molecule has 2 heterocycles. The van der Waals surface area contributed by atoms with Gasteiger partial charge in [0.1, 0.15) is 0 Å². The van der Waals surface area contributed by atoms with E-state index in [4.69, 9.17) is 0 Å². The lowest BCUT2D eigenvalue weighted by molar-refractivity contribution is 0.182. The number of aliphatic hydroxyl groups excluding tert-OH is 1. The molecule has 6 heteroatoms. The average Bonchev–Trinajstić information content (AvgIpc) is 2.73. The van der Waals surface area contributed by atoms with Crippen molar-refractivity contribution >= 4 is 54.5 Å². The van der Waals surface area contributed by atoms with Crippen LogP contribution in [0.1, 0.15) is 26.6 Å². The van der Waals surface area contributed by atoms with Crippen molar-refractivity contribution in [1.82, 2.24) is 4.98 Å². The van der Waals surface area contributed by atoms with Crippen LogP contribution in [0, 0.1) is 13.8 Å². The van der Waals surface area contributed by atoms with Gasteiger partial charge in [0, 0.05) is 20.6 Å². The van der Waals surface area contributed by atoms with Crippen LogP contribution in [0.15, 0.2) is 14.3 Å². The molecular weight excluding hydrogens is 386 g/mol. The smallest absolute Gasteiger partial charge is 0.0960 e. The molecule has 1 N–H and O–H groups in total. The Morgan fingerprint density at radius 1 is 1.35 bits per heavy atom. The molecule has 17 heavy (non-hydrogen) atoms. The van der Waals surface area contributed by atoms with Gasteiger partial charge in [-0.2, -0.15) is 0 Å². The Hall–Kier alpha value is 0.250. The van der Waals surface area contributed by atoms with E-state index in [0.717, 1.165) is 23.8 Å². The van der Waals surface area contributed by atoms with Crippen molar-refractivity contribution < 1.29 is 5.11 Å². The molecule has 0 aromatic carbocycles. The average molecular weight is 397 g/mol. The second-order valence-corrected chi connectivity index (χ2v) is 8.28. The molecule has 0 amide bonds. The second kappa shape index (κ2) is 5.48. The normalized spacial score (nSPS) is 13.0. The fourth-order valence-electron chi connectivity index (χ4n) is 1.42. The van der Waals surface area contributed by atoms with Gasteiger partial charge in [-0.1, -0.05) is 0 Å². The molecule has 1 unspecified atom stereocenters. The maximum Gasteiger partial charge on any atom is 0.0960 e. The Kier molecular flexibility index (Phi) is 4.41. The number of thiazole rings is 1. The standard InChI is InChI=1S/C11H11Br2NOS2/c1-5-6(2)16-10(14-5)4-8(15)9-3-7(12)11(13)17-9/h3,8,15H,4H2,1-2H3. The summed E-state index contributed by atoms with van der Waals surface area (Å²) in [5.41, 5.74) is 1.06. The van der Waals surface area contributed by atoms with Gasteiger partial charge in [0.25, 0.3) is 0 Å². The first-order chi connectivity index (χ1) is 7.97. The van der Waals surface area contributed by atoms with Gasteiger partial charge in [0.05, 0.1) is 20.6 Å². The summed E-state index contributed by atoms with van der Waals surface area (Å²) in [5, 5.41) is 11.1. The summed E-state index contributed by atoms with van der Waals surface area (Å²) in [6, 6.07) is 1.95. The Morgan fingerprint density at radius 3 is 2.53 bits per heavy atom. The molecule has 2 nitrogen and oxygen atoms in total. The van der Waals surface area contributed by atoms with Crippen LogP contribution in [0.3, 0.4) is 0 Å². The van der Waals surface area contributed by atoms with Crippen molar-refractivity contribution in [3.05, 3.63) is 34.8 Å². The number of hydrogen-bond donors (Lipinski definition) is 1. The van der Waals surface area contributed by atoms with Gasteiger partial charge in [-0.25, -0.2) is 4.98 Å². The largest absolute Gasteiger partial charge is 0.387 e. The van der Waals surface area contributed by atoms with Crippen LogP contribution < -0.4 is 0 Å². The Balaban J connectivity index is 2.13. The van der Waals surface area contributed by atoms with Crippen molar-refractivity contribution in [2.24, 2.45) is 0 Å². The third-order valence-electron chi connectivity index (χ3n) is 2.43. The number of hydrogen-bond acceptors (Lipinski definition) is 4. The number of aryl methyl sites for hydroxylation is 2. The molecule has 0 aliphatic rings. The van der Waals surface area contributed by atoms with Gasteiger partial charge in [0.15, 0.2) is 0 Å². The predicted octanol–water partition coefficient (Wildman–Crippen LogP) is 4.62. The zero-order valence-corrected chi connectivity index (χ0v) is 14.1. The molecule has 1 atom stereocenters. The number of thiophene rings is 1. The first-order valence-electron chi connectivity index (χ1n) is 5.03. The Morgan fingerprint density at radius 2 is 2.06 bits per heavy atom. The van der Waals surface area contributed by atoms with E-state index in [1.165, 1.54) is 4.88 Å². The molecule has 0 fully saturated rings. The van der Waals surface area contributed by atoms with E-state index in [9.17, 15) is 5.11 Å². The van der Waals surface area contributed by atoms with Crippen molar-refractivity contribution in [3.63, 3.8) is 0 Å². The van der Waals surface area contributed by atoms with Crippen LogP contribution in [0.25, 0.3) is 0 Å². The first-order valence-corrected chi connectivity index (χ1v) is 8.25. The summed E-state index contributed by atoms with van der Waals surface area (Å²) in [5.74, 6) is 0. The van der Waals surface area contributed by atoms with Gasteiger partial charge in [0.2, 0.25) is 0 Å². The maximum atomic E-state index is 10.1. The topological polar surface area (TPSA) is 33.1 Å². The maximum absolute atomic E-state index is 10.1. The lowest BCUT2D eigenvalue weighted by Gasteiger charge is -2.05. The second-order valence-electron chi connectivity index (χ2n) is 3.74. The van der Waals surface area contributed by atoms with Crippen LogP contribution in [0.4, 0.5) is 0 Å². The highest BCUT2D eigenvalue weighted by atomic mass is 79.9. The van der Waals surface area contributed by atoms with E-state index < -0.39 is 6.10 Å². The van der Waals surface area contributed by atoms with E-state index in [-0.39, 0.29) is 0 Å². The monoisotopic (exact) mass is 395 g/mol. The van der Waals surface area contributed by atoms with Crippen molar-refractivity contribution in [1.29, 1.82) is 0 Å². The molecule has 2 aromatic rings. The lowest BCUT2D eigenvalue weighted by Crippen LogP contribution is -1.99. The molecule has 0 bridgehead atoms. The van der Waals surface area contributed by atoms with E-state index >= 15 is 0 Å². The third-order valence-corrected chi connectivity index (χ3v) is 6.89. The number of nitrogens with zero attached hydrogens (tertiary/aromatic N) is 1. The Bertz CT molecular complexity index is 497. The summed E-state index contributed by atoms with van der Waals surface area (Å²) in [4.78, 5) is 6.62. The van der Waals surface area contributed by atoms with Crippen LogP contribution >= 0.6 is 54.5 Å². The zero-order valence-electron chi connectivity index (χ0n) is 9.33. The van der Waals surface area contributed by atoms with Crippen LogP contribution in [-0.2, 0) is 6.42 Å². The number of aromatic nitrogens is 1. The minimum Gasteiger partial charge on any atom is -0.387 e. The Labute approximate surface area is 125 Å². The first kappa shape index (κ1) is 13.7. The fourth-order valence-corrected chi connectivity index (χ4v) is 4.47. The molecule has 0 aliphatic heterocycles. The fraction of sp³-hybridized carbons (Fsp3) is 0.364. The van der Waals surface area contributed by atoms with E-state index in [2.05, 4.69) is 43.8 Å². The minimum atomic E-state index is -0.479. The quantitative estimate of drug-likeness (QED) is 0.820. The van der Waals surface area contributed by atoms with Gasteiger partial charge in [-0.15, -0.1) is 22.7 Å². The molecule has 2 aromatic heterocycles. The minimum absolute atomic E-state index is 0.479. The summed E-state index contributed by atoms with van der Waals surface area (Å²) < 4.78 is 2.00. The summed E-state index contributed by atoms with van der Waals surface area (Å²) in [7, 11) is 0. The highest BCUT2D eigenvalue weighted by Crippen LogP contribution is 2.36. The van der Waals surface area contributed by atoms with Gasteiger partial charge in [-0.05, 0) is 51.8 Å². The van der Waals surface area contributed by atoms with Crippen molar-refractivity contribution in [2.75, 3.05) is 0 Å². The number of aliphatic hydroxyl groups is 1. The molecule has 0 saturated heterocycles. The zero-order chi connectivity index (χ0) is 12.6. The molecule has 0 aliphatic carbocycles. The number of halogens is 2. The van der Waals surface area contributed by atoms with Crippen LogP contribution in [-0.4, -0.2) is 10.1 Å². The summed E-state index contributed by atoms with van der Waals surface area (Å²) in [6.45, 7) is 4.06.